The van der Waals surface area contributed by atoms with Crippen LogP contribution in [0.3, 0.4) is 0 Å². The zero-order valence-electron chi connectivity index (χ0n) is 12.2. The standard InChI is InChI=1S/C16H13FN4S/c1-3-12-9(2)22-16-13(12)15-19-14(20-21(15)8-18-16)10-4-6-11(17)7-5-10/h4-8H,3H2,1-2H3. The third-order valence-corrected chi connectivity index (χ3v) is 4.84. The van der Waals surface area contributed by atoms with Crippen LogP contribution in [0.2, 0.25) is 0 Å². The van der Waals surface area contributed by atoms with Crippen LogP contribution in [0, 0.1) is 12.7 Å². The quantitative estimate of drug-likeness (QED) is 0.561. The Morgan fingerprint density at radius 1 is 1.23 bits per heavy atom. The van der Waals surface area contributed by atoms with Crippen molar-refractivity contribution in [2.75, 3.05) is 0 Å². The Kier molecular flexibility index (Phi) is 2.94. The van der Waals surface area contributed by atoms with Gasteiger partial charge in [-0.15, -0.1) is 16.4 Å². The number of aromatic nitrogens is 4. The molecule has 0 atom stereocenters. The third kappa shape index (κ3) is 1.91. The molecular formula is C16H13FN4S. The minimum absolute atomic E-state index is 0.265. The Morgan fingerprint density at radius 3 is 2.73 bits per heavy atom. The van der Waals surface area contributed by atoms with Crippen molar-refractivity contribution in [1.82, 2.24) is 19.6 Å². The first-order valence-corrected chi connectivity index (χ1v) is 7.88. The molecule has 6 heteroatoms. The van der Waals surface area contributed by atoms with Crippen molar-refractivity contribution >= 4 is 27.2 Å². The van der Waals surface area contributed by atoms with Crippen LogP contribution in [0.1, 0.15) is 17.4 Å². The lowest BCUT2D eigenvalue weighted by molar-refractivity contribution is 0.628. The summed E-state index contributed by atoms with van der Waals surface area (Å²) in [5, 5.41) is 5.55. The zero-order chi connectivity index (χ0) is 15.3. The van der Waals surface area contributed by atoms with E-state index in [1.54, 1.807) is 34.3 Å². The summed E-state index contributed by atoms with van der Waals surface area (Å²) in [6.45, 7) is 4.24. The first kappa shape index (κ1) is 13.3. The molecule has 0 saturated carbocycles. The highest BCUT2D eigenvalue weighted by Crippen LogP contribution is 2.32. The average Bonchev–Trinajstić information content (AvgIpc) is 3.07. The van der Waals surface area contributed by atoms with Crippen molar-refractivity contribution in [3.8, 4) is 11.4 Å². The van der Waals surface area contributed by atoms with Gasteiger partial charge < -0.3 is 0 Å². The summed E-state index contributed by atoms with van der Waals surface area (Å²) in [7, 11) is 0. The summed E-state index contributed by atoms with van der Waals surface area (Å²) in [5.41, 5.74) is 2.88. The number of hydrogen-bond donors (Lipinski definition) is 0. The second-order valence-electron chi connectivity index (χ2n) is 5.13. The van der Waals surface area contributed by atoms with Crippen LogP contribution in [0.25, 0.3) is 27.3 Å². The summed E-state index contributed by atoms with van der Waals surface area (Å²) in [4.78, 5) is 11.4. The van der Waals surface area contributed by atoms with Crippen LogP contribution < -0.4 is 0 Å². The highest BCUT2D eigenvalue weighted by Gasteiger charge is 2.16. The maximum absolute atomic E-state index is 13.1. The van der Waals surface area contributed by atoms with Crippen LogP contribution in [-0.4, -0.2) is 19.6 Å². The summed E-state index contributed by atoms with van der Waals surface area (Å²) >= 11 is 1.68. The summed E-state index contributed by atoms with van der Waals surface area (Å²) in [6, 6.07) is 6.21. The smallest absolute Gasteiger partial charge is 0.182 e. The van der Waals surface area contributed by atoms with Gasteiger partial charge >= 0.3 is 0 Å². The molecule has 0 fully saturated rings. The molecule has 4 aromatic rings. The van der Waals surface area contributed by atoms with Gasteiger partial charge in [-0.1, -0.05) is 6.92 Å². The summed E-state index contributed by atoms with van der Waals surface area (Å²) < 4.78 is 14.8. The number of thiophene rings is 1. The van der Waals surface area contributed by atoms with E-state index >= 15 is 0 Å². The van der Waals surface area contributed by atoms with Crippen LogP contribution in [0.5, 0.6) is 0 Å². The predicted octanol–water partition coefficient (Wildman–Crippen LogP) is 4.02. The molecule has 0 radical (unpaired) electrons. The lowest BCUT2D eigenvalue weighted by atomic mass is 10.1. The molecule has 1 aromatic carbocycles. The molecule has 110 valence electrons. The van der Waals surface area contributed by atoms with E-state index in [2.05, 4.69) is 28.9 Å². The molecule has 3 heterocycles. The molecule has 4 nitrogen and oxygen atoms in total. The molecule has 0 N–H and O–H groups in total. The third-order valence-electron chi connectivity index (χ3n) is 3.79. The van der Waals surface area contributed by atoms with Crippen molar-refractivity contribution in [3.05, 3.63) is 46.9 Å². The number of rotatable bonds is 2. The predicted molar refractivity (Wildman–Crippen MR) is 85.7 cm³/mol. The second-order valence-corrected chi connectivity index (χ2v) is 6.33. The largest absolute Gasteiger partial charge is 0.225 e. The van der Waals surface area contributed by atoms with E-state index in [0.29, 0.717) is 5.82 Å². The van der Waals surface area contributed by atoms with E-state index in [1.807, 2.05) is 0 Å². The van der Waals surface area contributed by atoms with Crippen LogP contribution in [0.4, 0.5) is 4.39 Å². The van der Waals surface area contributed by atoms with Gasteiger partial charge in [0.2, 0.25) is 0 Å². The van der Waals surface area contributed by atoms with E-state index in [0.717, 1.165) is 27.8 Å². The molecule has 0 aliphatic carbocycles. The van der Waals surface area contributed by atoms with Gasteiger partial charge in [0.15, 0.2) is 11.5 Å². The maximum Gasteiger partial charge on any atom is 0.182 e. The molecule has 0 saturated heterocycles. The number of hydrogen-bond acceptors (Lipinski definition) is 4. The van der Waals surface area contributed by atoms with Gasteiger partial charge in [-0.2, -0.15) is 0 Å². The van der Waals surface area contributed by atoms with Gasteiger partial charge in [0.25, 0.3) is 0 Å². The minimum Gasteiger partial charge on any atom is -0.225 e. The molecule has 0 amide bonds. The molecule has 0 bridgehead atoms. The average molecular weight is 312 g/mol. The van der Waals surface area contributed by atoms with E-state index in [9.17, 15) is 4.39 Å². The van der Waals surface area contributed by atoms with Gasteiger partial charge in [-0.25, -0.2) is 18.9 Å². The number of halogens is 1. The number of aryl methyl sites for hydroxylation is 2. The SMILES string of the molecule is CCc1c(C)sc2ncn3nc(-c4ccc(F)cc4)nc3c12. The number of benzene rings is 1. The van der Waals surface area contributed by atoms with Gasteiger partial charge in [-0.3, -0.25) is 0 Å². The zero-order valence-corrected chi connectivity index (χ0v) is 13.0. The number of fused-ring (bicyclic) bond motifs is 3. The van der Waals surface area contributed by atoms with Crippen molar-refractivity contribution < 1.29 is 4.39 Å². The maximum atomic E-state index is 13.1. The van der Waals surface area contributed by atoms with E-state index < -0.39 is 0 Å². The second kappa shape index (κ2) is 4.84. The van der Waals surface area contributed by atoms with Crippen molar-refractivity contribution in [3.63, 3.8) is 0 Å². The van der Waals surface area contributed by atoms with Gasteiger partial charge in [-0.05, 0) is 43.2 Å². The van der Waals surface area contributed by atoms with Crippen molar-refractivity contribution in [2.45, 2.75) is 20.3 Å². The monoisotopic (exact) mass is 312 g/mol. The molecular weight excluding hydrogens is 299 g/mol. The Morgan fingerprint density at radius 2 is 2.00 bits per heavy atom. The van der Waals surface area contributed by atoms with Crippen LogP contribution >= 0.6 is 11.3 Å². The van der Waals surface area contributed by atoms with E-state index in [1.165, 1.54) is 22.6 Å². The molecule has 0 spiro atoms. The van der Waals surface area contributed by atoms with E-state index in [-0.39, 0.29) is 5.82 Å². The van der Waals surface area contributed by atoms with Crippen molar-refractivity contribution in [2.24, 2.45) is 0 Å². The minimum atomic E-state index is -0.265. The van der Waals surface area contributed by atoms with Gasteiger partial charge in [0, 0.05) is 10.4 Å². The van der Waals surface area contributed by atoms with Crippen LogP contribution in [-0.2, 0) is 6.42 Å². The Hall–Kier alpha value is -2.34. The topological polar surface area (TPSA) is 43.1 Å². The fourth-order valence-electron chi connectivity index (χ4n) is 2.71. The lowest BCUT2D eigenvalue weighted by Crippen LogP contribution is -1.91. The molecule has 4 rings (SSSR count). The van der Waals surface area contributed by atoms with Gasteiger partial charge in [0.05, 0.1) is 5.39 Å². The first-order chi connectivity index (χ1) is 10.7. The normalized spacial score (nSPS) is 11.6. The highest BCUT2D eigenvalue weighted by molar-refractivity contribution is 7.18. The van der Waals surface area contributed by atoms with Crippen molar-refractivity contribution in [1.29, 1.82) is 0 Å². The molecule has 0 aliphatic heterocycles. The summed E-state index contributed by atoms with van der Waals surface area (Å²) in [5.74, 6) is 0.318. The van der Waals surface area contributed by atoms with Crippen LogP contribution in [0.15, 0.2) is 30.6 Å². The van der Waals surface area contributed by atoms with Gasteiger partial charge in [0.1, 0.15) is 17.0 Å². The summed E-state index contributed by atoms with van der Waals surface area (Å²) in [6.07, 6.45) is 2.62. The highest BCUT2D eigenvalue weighted by atomic mass is 32.1. The molecule has 0 unspecified atom stereocenters. The fraction of sp³-hybridized carbons (Fsp3) is 0.188. The Labute approximate surface area is 130 Å². The first-order valence-electron chi connectivity index (χ1n) is 7.06. The lowest BCUT2D eigenvalue weighted by Gasteiger charge is -1.96. The molecule has 3 aromatic heterocycles. The fourth-order valence-corrected chi connectivity index (χ4v) is 3.79. The Bertz CT molecular complexity index is 985. The molecule has 0 aliphatic rings. The molecule has 22 heavy (non-hydrogen) atoms. The van der Waals surface area contributed by atoms with E-state index in [4.69, 9.17) is 0 Å². The number of nitrogens with zero attached hydrogens (tertiary/aromatic N) is 4. The Balaban J connectivity index is 2.00.